The third-order valence-corrected chi connectivity index (χ3v) is 5.81. The second-order valence-corrected chi connectivity index (χ2v) is 7.89. The number of carbonyl (C=O) groups excluding carboxylic acids is 1. The average Bonchev–Trinajstić information content (AvgIpc) is 3.36. The largest absolute Gasteiger partial charge is 0.346 e. The van der Waals surface area contributed by atoms with Crippen LogP contribution in [0.25, 0.3) is 5.52 Å². The highest BCUT2D eigenvalue weighted by molar-refractivity contribution is 5.93. The Labute approximate surface area is 176 Å². The number of hydrogen-bond donors (Lipinski definition) is 2. The van der Waals surface area contributed by atoms with Crippen LogP contribution in [-0.4, -0.2) is 42.0 Å². The molecule has 4 aromatic heterocycles. The topological polar surface area (TPSA) is 104 Å². The number of carbonyl (C=O) groups is 1. The van der Waals surface area contributed by atoms with E-state index in [0.29, 0.717) is 29.4 Å². The molecule has 31 heavy (non-hydrogen) atoms. The van der Waals surface area contributed by atoms with E-state index < -0.39 is 0 Å². The molecule has 5 heterocycles. The summed E-state index contributed by atoms with van der Waals surface area (Å²) in [6, 6.07) is 4.48. The Morgan fingerprint density at radius 2 is 2.13 bits per heavy atom. The van der Waals surface area contributed by atoms with E-state index in [2.05, 4.69) is 35.3 Å². The van der Waals surface area contributed by atoms with Gasteiger partial charge in [-0.2, -0.15) is 5.10 Å². The van der Waals surface area contributed by atoms with Crippen molar-refractivity contribution in [3.8, 4) is 0 Å². The lowest BCUT2D eigenvalue weighted by Crippen LogP contribution is -2.37. The molecule has 1 saturated carbocycles. The molecule has 0 unspecified atom stereocenters. The summed E-state index contributed by atoms with van der Waals surface area (Å²) in [7, 11) is 0. The number of halogens is 1. The average molecular weight is 418 g/mol. The number of hydrogen-bond acceptors (Lipinski definition) is 6. The molecule has 0 spiro atoms. The van der Waals surface area contributed by atoms with Crippen molar-refractivity contribution >= 4 is 23.1 Å². The van der Waals surface area contributed by atoms with Crippen LogP contribution in [0.2, 0.25) is 0 Å². The van der Waals surface area contributed by atoms with E-state index in [0.717, 1.165) is 30.7 Å². The van der Waals surface area contributed by atoms with E-state index in [1.807, 2.05) is 0 Å². The first-order valence-electron chi connectivity index (χ1n) is 10.2. The number of H-pyrrole nitrogens is 1. The fourth-order valence-corrected chi connectivity index (χ4v) is 4.08. The molecule has 0 bridgehead atoms. The van der Waals surface area contributed by atoms with Gasteiger partial charge in [0.15, 0.2) is 5.82 Å². The van der Waals surface area contributed by atoms with Crippen molar-refractivity contribution in [2.45, 2.75) is 25.3 Å². The van der Waals surface area contributed by atoms with Crippen LogP contribution in [0.5, 0.6) is 0 Å². The number of nitrogens with one attached hydrogen (secondary N) is 2. The molecule has 0 radical (unpaired) electrons. The monoisotopic (exact) mass is 418 g/mol. The number of rotatable bonds is 4. The van der Waals surface area contributed by atoms with E-state index in [1.165, 1.54) is 10.6 Å². The van der Waals surface area contributed by atoms with Crippen molar-refractivity contribution in [1.82, 2.24) is 29.5 Å². The summed E-state index contributed by atoms with van der Waals surface area (Å²) in [5.74, 6) is 0.844. The van der Waals surface area contributed by atoms with Gasteiger partial charge in [0.05, 0.1) is 35.8 Å². The van der Waals surface area contributed by atoms with E-state index in [1.54, 1.807) is 37.1 Å². The minimum Gasteiger partial charge on any atom is -0.346 e. The van der Waals surface area contributed by atoms with Crippen LogP contribution >= 0.6 is 0 Å². The summed E-state index contributed by atoms with van der Waals surface area (Å²) in [6.45, 7) is 0.654. The summed E-state index contributed by atoms with van der Waals surface area (Å²) in [5.41, 5.74) is 2.96. The van der Waals surface area contributed by atoms with Gasteiger partial charge in [-0.25, -0.2) is 23.9 Å². The van der Waals surface area contributed by atoms with Gasteiger partial charge in [0.1, 0.15) is 23.2 Å². The summed E-state index contributed by atoms with van der Waals surface area (Å²) in [5, 5.41) is 7.42. The summed E-state index contributed by atoms with van der Waals surface area (Å²) < 4.78 is 15.8. The van der Waals surface area contributed by atoms with E-state index in [9.17, 15) is 9.18 Å². The van der Waals surface area contributed by atoms with Gasteiger partial charge in [0.25, 0.3) is 0 Å². The van der Waals surface area contributed by atoms with Gasteiger partial charge >= 0.3 is 0 Å². The molecule has 156 valence electrons. The van der Waals surface area contributed by atoms with Crippen LogP contribution < -0.4 is 10.2 Å². The molecule has 4 aromatic rings. The summed E-state index contributed by atoms with van der Waals surface area (Å²) >= 11 is 0. The van der Waals surface area contributed by atoms with Crippen molar-refractivity contribution in [1.29, 1.82) is 0 Å². The predicted molar refractivity (Wildman–Crippen MR) is 110 cm³/mol. The number of aromatic amines is 1. The number of pyridine rings is 1. The molecule has 1 aliphatic heterocycles. The maximum absolute atomic E-state index is 14.3. The minimum absolute atomic E-state index is 0.00766. The predicted octanol–water partition coefficient (Wildman–Crippen LogP) is 2.49. The number of imidazole rings is 1. The van der Waals surface area contributed by atoms with Crippen molar-refractivity contribution in [3.63, 3.8) is 0 Å². The third kappa shape index (κ3) is 3.11. The van der Waals surface area contributed by atoms with Crippen LogP contribution in [0, 0.1) is 11.7 Å². The van der Waals surface area contributed by atoms with Crippen molar-refractivity contribution in [2.75, 3.05) is 16.8 Å². The molecular weight excluding hydrogens is 399 g/mol. The Morgan fingerprint density at radius 1 is 1.23 bits per heavy atom. The lowest BCUT2D eigenvalue weighted by Gasteiger charge is -2.34. The maximum atomic E-state index is 14.3. The number of aromatic nitrogens is 6. The number of nitrogens with zero attached hydrogens (tertiary/aromatic N) is 6. The van der Waals surface area contributed by atoms with E-state index >= 15 is 0 Å². The number of anilines is 2. The van der Waals surface area contributed by atoms with Gasteiger partial charge in [-0.05, 0) is 31.0 Å². The molecule has 9 nitrogen and oxygen atoms in total. The maximum Gasteiger partial charge on any atom is 0.228 e. The molecule has 1 fully saturated rings. The van der Waals surface area contributed by atoms with Gasteiger partial charge < -0.3 is 15.2 Å². The van der Waals surface area contributed by atoms with Gasteiger partial charge in [0, 0.05) is 25.1 Å². The molecule has 1 amide bonds. The molecule has 10 heteroatoms. The fourth-order valence-electron chi connectivity index (χ4n) is 4.08. The Balaban J connectivity index is 1.37. The van der Waals surface area contributed by atoms with E-state index in [4.69, 9.17) is 0 Å². The quantitative estimate of drug-likeness (QED) is 0.528. The van der Waals surface area contributed by atoms with Crippen LogP contribution in [0.15, 0.2) is 43.1 Å². The van der Waals surface area contributed by atoms with Crippen molar-refractivity contribution < 1.29 is 9.18 Å². The summed E-state index contributed by atoms with van der Waals surface area (Å²) in [4.78, 5) is 30.6. The lowest BCUT2D eigenvalue weighted by molar-refractivity contribution is -0.117. The molecule has 2 aliphatic rings. The number of fused-ring (bicyclic) bond motifs is 2. The molecule has 1 atom stereocenters. The fraction of sp³-hybridized carbons (Fsp3) is 0.286. The van der Waals surface area contributed by atoms with Gasteiger partial charge in [-0.1, -0.05) is 0 Å². The van der Waals surface area contributed by atoms with Crippen LogP contribution in [-0.2, 0) is 11.2 Å². The van der Waals surface area contributed by atoms with Crippen molar-refractivity contribution in [2.24, 2.45) is 5.92 Å². The molecule has 1 aliphatic carbocycles. The second-order valence-electron chi connectivity index (χ2n) is 7.89. The highest BCUT2D eigenvalue weighted by Crippen LogP contribution is 2.36. The zero-order valence-electron chi connectivity index (χ0n) is 16.5. The standard InChI is InChI=1S/C21H19FN8O/c22-13-2-1-6-30-16(13)8-15(28-30)20-19-14(25-11-26-19)5-7-29(20)18-10-23-17(9-24-18)27-21(31)12-3-4-12/h1-2,6,8-12,20H,3-5,7H2,(H,25,26)(H,23,27,31)/t20-/m0/s1. The number of amides is 1. The first kappa shape index (κ1) is 18.0. The van der Waals surface area contributed by atoms with E-state index in [-0.39, 0.29) is 23.7 Å². The van der Waals surface area contributed by atoms with Gasteiger partial charge in [0.2, 0.25) is 5.91 Å². The SMILES string of the molecule is O=C(Nc1cnc(N2CCc3nc[nH]c3[C@@H]2c2cc3c(F)cccn3n2)cn1)C1CC1. The Kier molecular flexibility index (Phi) is 3.98. The van der Waals surface area contributed by atoms with Gasteiger partial charge in [-0.3, -0.25) is 4.79 Å². The van der Waals surface area contributed by atoms with Crippen LogP contribution in [0.1, 0.15) is 36.0 Å². The lowest BCUT2D eigenvalue weighted by atomic mass is 10.00. The normalized spacial score (nSPS) is 18.2. The molecule has 0 aromatic carbocycles. The molecule has 6 rings (SSSR count). The second kappa shape index (κ2) is 6.86. The first-order valence-corrected chi connectivity index (χ1v) is 10.2. The van der Waals surface area contributed by atoms with Crippen LogP contribution in [0.3, 0.4) is 0 Å². The Hall–Kier alpha value is -3.82. The Bertz CT molecular complexity index is 1280. The zero-order valence-corrected chi connectivity index (χ0v) is 16.5. The smallest absolute Gasteiger partial charge is 0.228 e. The van der Waals surface area contributed by atoms with Crippen molar-refractivity contribution in [3.05, 3.63) is 66.0 Å². The highest BCUT2D eigenvalue weighted by atomic mass is 19.1. The molecule has 2 N–H and O–H groups in total. The third-order valence-electron chi connectivity index (χ3n) is 5.81. The molecule has 0 saturated heterocycles. The summed E-state index contributed by atoms with van der Waals surface area (Å²) in [6.07, 6.45) is 9.20. The van der Waals surface area contributed by atoms with Crippen LogP contribution in [0.4, 0.5) is 16.0 Å². The Morgan fingerprint density at radius 3 is 2.90 bits per heavy atom. The highest BCUT2D eigenvalue weighted by Gasteiger charge is 2.34. The minimum atomic E-state index is -0.330. The zero-order chi connectivity index (χ0) is 20.9. The molecular formula is C21H19FN8O. The first-order chi connectivity index (χ1) is 15.2. The van der Waals surface area contributed by atoms with Gasteiger partial charge in [-0.15, -0.1) is 0 Å².